The van der Waals surface area contributed by atoms with Gasteiger partial charge in [-0.05, 0) is 18.2 Å². The Labute approximate surface area is 115 Å². The fourth-order valence-electron chi connectivity index (χ4n) is 1.59. The van der Waals surface area contributed by atoms with Crippen LogP contribution in [0.25, 0.3) is 10.9 Å². The van der Waals surface area contributed by atoms with Crippen LogP contribution in [0.3, 0.4) is 0 Å². The van der Waals surface area contributed by atoms with E-state index in [1.807, 2.05) is 18.2 Å². The minimum atomic E-state index is -0.371. The number of benzene rings is 1. The van der Waals surface area contributed by atoms with Gasteiger partial charge in [0.15, 0.2) is 0 Å². The third kappa shape index (κ3) is 2.35. The van der Waals surface area contributed by atoms with Gasteiger partial charge in [-0.2, -0.15) is 0 Å². The molecule has 0 saturated carbocycles. The summed E-state index contributed by atoms with van der Waals surface area (Å²) in [4.78, 5) is 16.1. The minimum absolute atomic E-state index is 0.371. The van der Waals surface area contributed by atoms with Crippen molar-refractivity contribution >= 4 is 48.7 Å². The van der Waals surface area contributed by atoms with Crippen molar-refractivity contribution in [1.82, 2.24) is 4.98 Å². The predicted octanol–water partition coefficient (Wildman–Crippen LogP) is 3.68. The SMILES string of the molecule is COC(=O)c1cc2c(Br)cccc2nc1CBr. The van der Waals surface area contributed by atoms with Crippen LogP contribution in [0.15, 0.2) is 28.7 Å². The molecule has 1 aromatic heterocycles. The molecule has 0 bridgehead atoms. The second kappa shape index (κ2) is 5.14. The normalized spacial score (nSPS) is 10.5. The molecule has 88 valence electrons. The molecule has 2 rings (SSSR count). The first-order chi connectivity index (χ1) is 8.17. The van der Waals surface area contributed by atoms with Crippen LogP contribution in [0.4, 0.5) is 0 Å². The summed E-state index contributed by atoms with van der Waals surface area (Å²) in [5, 5.41) is 1.41. The molecular formula is C12H9Br2NO2. The fourth-order valence-corrected chi connectivity index (χ4v) is 2.49. The standard InChI is InChI=1S/C12H9Br2NO2/c1-17-12(16)8-5-7-9(14)3-2-4-10(7)15-11(8)6-13/h2-5H,6H2,1H3. The van der Waals surface area contributed by atoms with Gasteiger partial charge in [0.1, 0.15) is 0 Å². The molecule has 3 nitrogen and oxygen atoms in total. The van der Waals surface area contributed by atoms with Gasteiger partial charge in [-0.15, -0.1) is 0 Å². The Hall–Kier alpha value is -0.940. The van der Waals surface area contributed by atoms with Crippen molar-refractivity contribution in [1.29, 1.82) is 0 Å². The molecule has 2 aromatic rings. The molecule has 0 fully saturated rings. The first kappa shape index (κ1) is 12.5. The molecule has 1 aromatic carbocycles. The van der Waals surface area contributed by atoms with Gasteiger partial charge in [0.05, 0.1) is 23.9 Å². The number of hydrogen-bond donors (Lipinski definition) is 0. The van der Waals surface area contributed by atoms with E-state index in [9.17, 15) is 4.79 Å². The lowest BCUT2D eigenvalue weighted by molar-refractivity contribution is 0.0599. The number of methoxy groups -OCH3 is 1. The summed E-state index contributed by atoms with van der Waals surface area (Å²) in [7, 11) is 1.37. The third-order valence-electron chi connectivity index (χ3n) is 2.42. The molecule has 0 atom stereocenters. The number of fused-ring (bicyclic) bond motifs is 1. The number of halogens is 2. The zero-order chi connectivity index (χ0) is 12.4. The van der Waals surface area contributed by atoms with Crippen molar-refractivity contribution in [3.63, 3.8) is 0 Å². The molecule has 0 amide bonds. The van der Waals surface area contributed by atoms with Gasteiger partial charge in [0, 0.05) is 15.2 Å². The quantitative estimate of drug-likeness (QED) is 0.607. The summed E-state index contributed by atoms with van der Waals surface area (Å²) < 4.78 is 5.66. The van der Waals surface area contributed by atoms with E-state index in [4.69, 9.17) is 4.74 Å². The molecule has 0 unspecified atom stereocenters. The number of hydrogen-bond acceptors (Lipinski definition) is 3. The van der Waals surface area contributed by atoms with E-state index < -0.39 is 0 Å². The Kier molecular flexibility index (Phi) is 3.79. The Morgan fingerprint density at radius 1 is 1.47 bits per heavy atom. The number of alkyl halides is 1. The Morgan fingerprint density at radius 3 is 2.88 bits per heavy atom. The molecule has 0 aliphatic carbocycles. The predicted molar refractivity (Wildman–Crippen MR) is 73.4 cm³/mol. The van der Waals surface area contributed by atoms with Crippen molar-refractivity contribution < 1.29 is 9.53 Å². The van der Waals surface area contributed by atoms with E-state index in [1.165, 1.54) is 7.11 Å². The van der Waals surface area contributed by atoms with Crippen LogP contribution in [0, 0.1) is 0 Å². The number of carbonyl (C=O) groups excluding carboxylic acids is 1. The van der Waals surface area contributed by atoms with Gasteiger partial charge in [0.2, 0.25) is 0 Å². The maximum absolute atomic E-state index is 11.6. The van der Waals surface area contributed by atoms with Gasteiger partial charge in [0.25, 0.3) is 0 Å². The zero-order valence-corrected chi connectivity index (χ0v) is 12.2. The summed E-state index contributed by atoms with van der Waals surface area (Å²) >= 11 is 6.77. The minimum Gasteiger partial charge on any atom is -0.465 e. The second-order valence-corrected chi connectivity index (χ2v) is 4.83. The molecular weight excluding hydrogens is 350 g/mol. The van der Waals surface area contributed by atoms with Gasteiger partial charge in [-0.1, -0.05) is 37.9 Å². The lowest BCUT2D eigenvalue weighted by Gasteiger charge is -2.07. The van der Waals surface area contributed by atoms with Crippen LogP contribution in [0.5, 0.6) is 0 Å². The van der Waals surface area contributed by atoms with Crippen molar-refractivity contribution in [3.05, 3.63) is 40.0 Å². The fraction of sp³-hybridized carbons (Fsp3) is 0.167. The summed E-state index contributed by atoms with van der Waals surface area (Å²) in [6.45, 7) is 0. The number of aromatic nitrogens is 1. The largest absolute Gasteiger partial charge is 0.465 e. The van der Waals surface area contributed by atoms with E-state index in [2.05, 4.69) is 36.8 Å². The van der Waals surface area contributed by atoms with Crippen molar-refractivity contribution in [2.75, 3.05) is 7.11 Å². The van der Waals surface area contributed by atoms with E-state index >= 15 is 0 Å². The van der Waals surface area contributed by atoms with Crippen LogP contribution in [-0.2, 0) is 10.1 Å². The van der Waals surface area contributed by atoms with Crippen LogP contribution in [-0.4, -0.2) is 18.1 Å². The lowest BCUT2D eigenvalue weighted by Crippen LogP contribution is -2.07. The molecule has 0 aliphatic heterocycles. The average molecular weight is 359 g/mol. The lowest BCUT2D eigenvalue weighted by atomic mass is 10.1. The van der Waals surface area contributed by atoms with Crippen molar-refractivity contribution in [2.45, 2.75) is 5.33 Å². The molecule has 0 N–H and O–H groups in total. The molecule has 0 radical (unpaired) electrons. The van der Waals surface area contributed by atoms with Gasteiger partial charge >= 0.3 is 5.97 Å². The van der Waals surface area contributed by atoms with Crippen LogP contribution in [0.2, 0.25) is 0 Å². The highest BCUT2D eigenvalue weighted by atomic mass is 79.9. The van der Waals surface area contributed by atoms with Crippen LogP contribution in [0.1, 0.15) is 16.1 Å². The maximum atomic E-state index is 11.6. The summed E-state index contributed by atoms with van der Waals surface area (Å²) in [5.74, 6) is -0.371. The number of rotatable bonds is 2. The van der Waals surface area contributed by atoms with E-state index in [0.29, 0.717) is 16.6 Å². The van der Waals surface area contributed by atoms with Gasteiger partial charge in [-0.3, -0.25) is 4.98 Å². The maximum Gasteiger partial charge on any atom is 0.339 e. The monoisotopic (exact) mass is 357 g/mol. The van der Waals surface area contributed by atoms with Crippen LogP contribution >= 0.6 is 31.9 Å². The first-order valence-corrected chi connectivity index (χ1v) is 6.81. The highest BCUT2D eigenvalue weighted by Gasteiger charge is 2.14. The number of ether oxygens (including phenoxy) is 1. The molecule has 0 spiro atoms. The van der Waals surface area contributed by atoms with E-state index in [-0.39, 0.29) is 5.97 Å². The Morgan fingerprint density at radius 2 is 2.24 bits per heavy atom. The second-order valence-electron chi connectivity index (χ2n) is 3.41. The van der Waals surface area contributed by atoms with E-state index in [1.54, 1.807) is 6.07 Å². The smallest absolute Gasteiger partial charge is 0.339 e. The number of esters is 1. The Balaban J connectivity index is 2.74. The van der Waals surface area contributed by atoms with Crippen molar-refractivity contribution in [2.24, 2.45) is 0 Å². The summed E-state index contributed by atoms with van der Waals surface area (Å²) in [6.07, 6.45) is 0. The topological polar surface area (TPSA) is 39.2 Å². The molecule has 1 heterocycles. The first-order valence-electron chi connectivity index (χ1n) is 4.89. The summed E-state index contributed by atoms with van der Waals surface area (Å²) in [6, 6.07) is 7.54. The third-order valence-corrected chi connectivity index (χ3v) is 3.64. The molecule has 5 heteroatoms. The van der Waals surface area contributed by atoms with Crippen LogP contribution < -0.4 is 0 Å². The number of pyridine rings is 1. The molecule has 0 saturated heterocycles. The molecule has 0 aliphatic rings. The summed E-state index contributed by atoms with van der Waals surface area (Å²) in [5.41, 5.74) is 2.02. The van der Waals surface area contributed by atoms with Gasteiger partial charge in [-0.25, -0.2) is 4.79 Å². The Bertz CT molecular complexity index is 584. The van der Waals surface area contributed by atoms with Gasteiger partial charge < -0.3 is 4.74 Å². The van der Waals surface area contributed by atoms with E-state index in [0.717, 1.165) is 15.4 Å². The number of carbonyl (C=O) groups is 1. The molecule has 17 heavy (non-hydrogen) atoms. The van der Waals surface area contributed by atoms with Crippen molar-refractivity contribution in [3.8, 4) is 0 Å². The highest BCUT2D eigenvalue weighted by molar-refractivity contribution is 9.10. The highest BCUT2D eigenvalue weighted by Crippen LogP contribution is 2.26. The zero-order valence-electron chi connectivity index (χ0n) is 9.04. The average Bonchev–Trinajstić information content (AvgIpc) is 2.37. The number of nitrogens with zero attached hydrogens (tertiary/aromatic N) is 1.